The highest BCUT2D eigenvalue weighted by Crippen LogP contribution is 2.19. The Balaban J connectivity index is 1.41. The van der Waals surface area contributed by atoms with Gasteiger partial charge in [0.15, 0.2) is 5.69 Å². The number of benzene rings is 2. The lowest BCUT2D eigenvalue weighted by Crippen LogP contribution is -2.22. The molecule has 1 unspecified atom stereocenters. The number of carbonyl (C=O) groups is 3. The number of nitrogens with zero attached hydrogens (tertiary/aromatic N) is 2. The van der Waals surface area contributed by atoms with Crippen molar-refractivity contribution < 1.29 is 18.8 Å². The van der Waals surface area contributed by atoms with Gasteiger partial charge in [-0.1, -0.05) is 24.3 Å². The maximum Gasteiger partial charge on any atom is 0.276 e. The van der Waals surface area contributed by atoms with Crippen LogP contribution in [0.25, 0.3) is 5.69 Å². The van der Waals surface area contributed by atoms with Crippen LogP contribution in [0, 0.1) is 11.7 Å². The molecule has 8 heteroatoms. The second-order valence-corrected chi connectivity index (χ2v) is 6.77. The van der Waals surface area contributed by atoms with Crippen molar-refractivity contribution in [1.29, 1.82) is 0 Å². The Morgan fingerprint density at radius 3 is 2.59 bits per heavy atom. The Bertz CT molecular complexity index is 1090. The normalized spacial score (nSPS) is 16.0. The SMILES string of the molecule is O=C1CC(Cc2ccc(NC(=O)c3ccn(-c4ccccc4F)n3)cc2)C(=O)N1. The summed E-state index contributed by atoms with van der Waals surface area (Å²) in [6.45, 7) is 0. The summed E-state index contributed by atoms with van der Waals surface area (Å²) >= 11 is 0. The summed E-state index contributed by atoms with van der Waals surface area (Å²) in [5.74, 6) is -1.72. The first-order chi connectivity index (χ1) is 14.0. The van der Waals surface area contributed by atoms with Gasteiger partial charge in [-0.3, -0.25) is 19.7 Å². The predicted octanol–water partition coefficient (Wildman–Crippen LogP) is 2.47. The summed E-state index contributed by atoms with van der Waals surface area (Å²) in [4.78, 5) is 35.3. The van der Waals surface area contributed by atoms with Gasteiger partial charge in [-0.25, -0.2) is 9.07 Å². The van der Waals surface area contributed by atoms with Crippen LogP contribution in [0.5, 0.6) is 0 Å². The molecule has 0 aliphatic carbocycles. The van der Waals surface area contributed by atoms with Gasteiger partial charge in [0.25, 0.3) is 5.91 Å². The Kier molecular flexibility index (Phi) is 4.90. The zero-order valence-corrected chi connectivity index (χ0v) is 15.3. The molecule has 1 atom stereocenters. The standard InChI is InChI=1S/C21H17FN4O3/c22-16-3-1-2-4-18(16)26-10-9-17(25-26)21(29)23-15-7-5-13(6-8-15)11-14-12-19(27)24-20(14)28/h1-10,14H,11-12H2,(H,23,29)(H,24,27,28). The summed E-state index contributed by atoms with van der Waals surface area (Å²) in [6.07, 6.45) is 2.17. The van der Waals surface area contributed by atoms with E-state index in [0.717, 1.165) is 5.56 Å². The van der Waals surface area contributed by atoms with Crippen LogP contribution in [0.4, 0.5) is 10.1 Å². The molecule has 0 saturated carbocycles. The van der Waals surface area contributed by atoms with Crippen LogP contribution in [0.1, 0.15) is 22.5 Å². The molecule has 1 aromatic heterocycles. The first kappa shape index (κ1) is 18.5. The molecule has 1 saturated heterocycles. The van der Waals surface area contributed by atoms with Crippen molar-refractivity contribution in [2.45, 2.75) is 12.8 Å². The molecule has 2 N–H and O–H groups in total. The average Bonchev–Trinajstić information content (AvgIpc) is 3.30. The van der Waals surface area contributed by atoms with E-state index in [2.05, 4.69) is 15.7 Å². The summed E-state index contributed by atoms with van der Waals surface area (Å²) in [5, 5.41) is 9.15. The third-order valence-corrected chi connectivity index (χ3v) is 4.68. The fourth-order valence-electron chi connectivity index (χ4n) is 3.19. The van der Waals surface area contributed by atoms with Crippen LogP contribution in [0.15, 0.2) is 60.8 Å². The third kappa shape index (κ3) is 4.06. The van der Waals surface area contributed by atoms with Crippen LogP contribution < -0.4 is 10.6 Å². The summed E-state index contributed by atoms with van der Waals surface area (Å²) < 4.78 is 15.2. The zero-order valence-electron chi connectivity index (χ0n) is 15.3. The van der Waals surface area contributed by atoms with Crippen molar-refractivity contribution >= 4 is 23.4 Å². The fraction of sp³-hybridized carbons (Fsp3) is 0.143. The van der Waals surface area contributed by atoms with Crippen molar-refractivity contribution in [2.24, 2.45) is 5.92 Å². The second-order valence-electron chi connectivity index (χ2n) is 6.77. The molecule has 2 heterocycles. The molecule has 29 heavy (non-hydrogen) atoms. The number of anilines is 1. The highest BCUT2D eigenvalue weighted by molar-refractivity contribution is 6.04. The monoisotopic (exact) mass is 392 g/mol. The maximum atomic E-state index is 13.9. The topological polar surface area (TPSA) is 93.1 Å². The smallest absolute Gasteiger partial charge is 0.276 e. The van der Waals surface area contributed by atoms with E-state index >= 15 is 0 Å². The third-order valence-electron chi connectivity index (χ3n) is 4.68. The number of para-hydroxylation sites is 1. The van der Waals surface area contributed by atoms with Gasteiger partial charge in [-0.05, 0) is 42.3 Å². The molecule has 1 aliphatic heterocycles. The van der Waals surface area contributed by atoms with Gasteiger partial charge in [0.2, 0.25) is 11.8 Å². The zero-order chi connectivity index (χ0) is 20.4. The first-order valence-electron chi connectivity index (χ1n) is 9.04. The average molecular weight is 392 g/mol. The van der Waals surface area contributed by atoms with E-state index in [1.165, 1.54) is 23.0 Å². The number of carbonyl (C=O) groups excluding carboxylic acids is 3. The minimum absolute atomic E-state index is 0.151. The van der Waals surface area contributed by atoms with Gasteiger partial charge in [-0.15, -0.1) is 0 Å². The highest BCUT2D eigenvalue weighted by atomic mass is 19.1. The van der Waals surface area contributed by atoms with Crippen LogP contribution >= 0.6 is 0 Å². The van der Waals surface area contributed by atoms with E-state index in [0.29, 0.717) is 12.1 Å². The Hall–Kier alpha value is -3.81. The van der Waals surface area contributed by atoms with E-state index in [-0.39, 0.29) is 35.5 Å². The summed E-state index contributed by atoms with van der Waals surface area (Å²) in [7, 11) is 0. The van der Waals surface area contributed by atoms with Gasteiger partial charge >= 0.3 is 0 Å². The molecular weight excluding hydrogens is 375 g/mol. The van der Waals surface area contributed by atoms with Crippen LogP contribution in [-0.4, -0.2) is 27.5 Å². The fourth-order valence-corrected chi connectivity index (χ4v) is 3.19. The quantitative estimate of drug-likeness (QED) is 0.653. The molecule has 7 nitrogen and oxygen atoms in total. The molecule has 1 fully saturated rings. The van der Waals surface area contributed by atoms with Crippen LogP contribution in [0.3, 0.4) is 0 Å². The number of halogens is 1. The largest absolute Gasteiger partial charge is 0.321 e. The summed E-state index contributed by atoms with van der Waals surface area (Å²) in [5.41, 5.74) is 1.86. The minimum atomic E-state index is -0.434. The molecule has 0 radical (unpaired) electrons. The predicted molar refractivity (Wildman–Crippen MR) is 103 cm³/mol. The van der Waals surface area contributed by atoms with Gasteiger partial charge in [0, 0.05) is 18.3 Å². The number of hydrogen-bond donors (Lipinski definition) is 2. The van der Waals surface area contributed by atoms with E-state index in [4.69, 9.17) is 0 Å². The van der Waals surface area contributed by atoms with Gasteiger partial charge in [-0.2, -0.15) is 5.10 Å². The van der Waals surface area contributed by atoms with Gasteiger partial charge in [0.1, 0.15) is 11.5 Å². The number of rotatable bonds is 5. The lowest BCUT2D eigenvalue weighted by atomic mass is 9.98. The molecule has 3 amide bonds. The summed E-state index contributed by atoms with van der Waals surface area (Å²) in [6, 6.07) is 14.7. The number of aromatic nitrogens is 2. The maximum absolute atomic E-state index is 13.9. The van der Waals surface area contributed by atoms with Crippen molar-refractivity contribution in [3.8, 4) is 5.69 Å². The lowest BCUT2D eigenvalue weighted by Gasteiger charge is -2.08. The Morgan fingerprint density at radius 1 is 1.14 bits per heavy atom. The van der Waals surface area contributed by atoms with E-state index in [9.17, 15) is 18.8 Å². The van der Waals surface area contributed by atoms with Crippen molar-refractivity contribution in [3.63, 3.8) is 0 Å². The molecule has 146 valence electrons. The number of imide groups is 1. The molecule has 2 aromatic carbocycles. The van der Waals surface area contributed by atoms with Crippen LogP contribution in [0.2, 0.25) is 0 Å². The van der Waals surface area contributed by atoms with Crippen molar-refractivity contribution in [2.75, 3.05) is 5.32 Å². The highest BCUT2D eigenvalue weighted by Gasteiger charge is 2.30. The molecule has 0 spiro atoms. The van der Waals surface area contributed by atoms with E-state index in [1.54, 1.807) is 42.5 Å². The Morgan fingerprint density at radius 2 is 1.90 bits per heavy atom. The van der Waals surface area contributed by atoms with Gasteiger partial charge < -0.3 is 5.32 Å². The van der Waals surface area contributed by atoms with Crippen LogP contribution in [-0.2, 0) is 16.0 Å². The lowest BCUT2D eigenvalue weighted by molar-refractivity contribution is -0.125. The molecular formula is C21H17FN4O3. The Labute approximate surface area is 165 Å². The van der Waals surface area contributed by atoms with Crippen molar-refractivity contribution in [3.05, 3.63) is 77.9 Å². The number of hydrogen-bond acceptors (Lipinski definition) is 4. The molecule has 1 aliphatic rings. The number of nitrogens with one attached hydrogen (secondary N) is 2. The first-order valence-corrected chi connectivity index (χ1v) is 9.04. The molecule has 4 rings (SSSR count). The number of amides is 3. The van der Waals surface area contributed by atoms with Gasteiger partial charge in [0.05, 0.1) is 5.92 Å². The molecule has 3 aromatic rings. The van der Waals surface area contributed by atoms with Crippen molar-refractivity contribution in [1.82, 2.24) is 15.1 Å². The van der Waals surface area contributed by atoms with E-state index in [1.807, 2.05) is 0 Å². The van der Waals surface area contributed by atoms with E-state index < -0.39 is 11.7 Å². The second kappa shape index (κ2) is 7.67. The molecule has 0 bridgehead atoms. The minimum Gasteiger partial charge on any atom is -0.321 e.